The molecule has 0 amide bonds. The molecular formula is C14H10Cl2N2O3S. The predicted molar refractivity (Wildman–Crippen MR) is 85.1 cm³/mol. The molecule has 0 bridgehead atoms. The highest BCUT2D eigenvalue weighted by Gasteiger charge is 2.18. The van der Waals surface area contributed by atoms with Gasteiger partial charge in [0.15, 0.2) is 0 Å². The normalized spacial score (nSPS) is 11.8. The number of aromatic amines is 1. The van der Waals surface area contributed by atoms with Gasteiger partial charge in [0, 0.05) is 5.39 Å². The lowest BCUT2D eigenvalue weighted by molar-refractivity contribution is 0.486. The molecule has 0 spiro atoms. The summed E-state index contributed by atoms with van der Waals surface area (Å²) in [6.45, 7) is 1.82. The second kappa shape index (κ2) is 5.46. The molecule has 0 aliphatic carbocycles. The number of fused-ring (bicyclic) bond motifs is 1. The molecule has 1 heterocycles. The number of hydrogen-bond donors (Lipinski definition) is 1. The van der Waals surface area contributed by atoms with Gasteiger partial charge in [-0.05, 0) is 43.3 Å². The average Bonchev–Trinajstić information content (AvgIpc) is 2.83. The van der Waals surface area contributed by atoms with Crippen molar-refractivity contribution in [1.82, 2.24) is 10.2 Å². The van der Waals surface area contributed by atoms with Gasteiger partial charge >= 0.3 is 10.1 Å². The number of rotatable bonds is 3. The van der Waals surface area contributed by atoms with Crippen LogP contribution in [0, 0.1) is 6.92 Å². The second-order valence-corrected chi connectivity index (χ2v) is 6.99. The summed E-state index contributed by atoms with van der Waals surface area (Å²) < 4.78 is 29.7. The van der Waals surface area contributed by atoms with Gasteiger partial charge in [0.05, 0.1) is 21.3 Å². The van der Waals surface area contributed by atoms with Gasteiger partial charge in [0.2, 0.25) is 0 Å². The Morgan fingerprint density at radius 3 is 2.59 bits per heavy atom. The minimum Gasteiger partial charge on any atom is -0.379 e. The van der Waals surface area contributed by atoms with Crippen LogP contribution in [0.25, 0.3) is 10.9 Å². The highest BCUT2D eigenvalue weighted by Crippen LogP contribution is 2.28. The van der Waals surface area contributed by atoms with Crippen LogP contribution in [0.5, 0.6) is 5.75 Å². The van der Waals surface area contributed by atoms with E-state index in [-0.39, 0.29) is 20.7 Å². The van der Waals surface area contributed by atoms with Crippen LogP contribution in [-0.4, -0.2) is 18.6 Å². The molecule has 22 heavy (non-hydrogen) atoms. The van der Waals surface area contributed by atoms with E-state index in [0.29, 0.717) is 0 Å². The summed E-state index contributed by atoms with van der Waals surface area (Å²) in [5.74, 6) is 0.197. The van der Waals surface area contributed by atoms with Crippen LogP contribution in [0.1, 0.15) is 5.69 Å². The average molecular weight is 357 g/mol. The Bertz CT molecular complexity index is 967. The number of aromatic nitrogens is 2. The van der Waals surface area contributed by atoms with E-state index >= 15 is 0 Å². The number of halogens is 2. The summed E-state index contributed by atoms with van der Waals surface area (Å²) in [4.78, 5) is -0.0640. The summed E-state index contributed by atoms with van der Waals surface area (Å²) in [5.41, 5.74) is 1.56. The number of aryl methyl sites for hydroxylation is 1. The van der Waals surface area contributed by atoms with Gasteiger partial charge in [-0.2, -0.15) is 13.5 Å². The first kappa shape index (κ1) is 15.1. The van der Waals surface area contributed by atoms with Crippen molar-refractivity contribution in [2.75, 3.05) is 0 Å². The Kier molecular flexibility index (Phi) is 3.76. The summed E-state index contributed by atoms with van der Waals surface area (Å²) in [7, 11) is -3.99. The summed E-state index contributed by atoms with van der Waals surface area (Å²) in [6.07, 6.45) is 0. The molecule has 0 saturated heterocycles. The van der Waals surface area contributed by atoms with Crippen LogP contribution in [0.4, 0.5) is 0 Å². The molecule has 114 valence electrons. The van der Waals surface area contributed by atoms with Crippen LogP contribution < -0.4 is 4.18 Å². The fraction of sp³-hybridized carbons (Fsp3) is 0.0714. The maximum absolute atomic E-state index is 12.3. The van der Waals surface area contributed by atoms with E-state index in [1.165, 1.54) is 18.2 Å². The SMILES string of the molecule is Cc1n[nH]c2ccc(OS(=O)(=O)c3ccc(Cl)c(Cl)c3)cc12. The quantitative estimate of drug-likeness (QED) is 0.721. The number of H-pyrrole nitrogens is 1. The molecule has 0 saturated carbocycles. The van der Waals surface area contributed by atoms with Gasteiger partial charge in [-0.15, -0.1) is 0 Å². The first-order valence-corrected chi connectivity index (χ1v) is 8.37. The third-order valence-electron chi connectivity index (χ3n) is 3.11. The maximum Gasteiger partial charge on any atom is 0.339 e. The smallest absolute Gasteiger partial charge is 0.339 e. The van der Waals surface area contributed by atoms with Gasteiger partial charge in [-0.3, -0.25) is 5.10 Å². The van der Waals surface area contributed by atoms with Crippen molar-refractivity contribution in [3.05, 3.63) is 52.1 Å². The predicted octanol–water partition coefficient (Wildman–Crippen LogP) is 3.95. The monoisotopic (exact) mass is 356 g/mol. The van der Waals surface area contributed by atoms with Crippen molar-refractivity contribution < 1.29 is 12.6 Å². The molecule has 0 unspecified atom stereocenters. The molecular weight excluding hydrogens is 347 g/mol. The molecule has 8 heteroatoms. The number of nitrogens with zero attached hydrogens (tertiary/aromatic N) is 1. The molecule has 0 atom stereocenters. The molecule has 0 radical (unpaired) electrons. The third kappa shape index (κ3) is 2.77. The lowest BCUT2D eigenvalue weighted by atomic mass is 10.2. The number of nitrogens with one attached hydrogen (secondary N) is 1. The van der Waals surface area contributed by atoms with Crippen molar-refractivity contribution in [3.8, 4) is 5.75 Å². The molecule has 1 N–H and O–H groups in total. The zero-order valence-corrected chi connectivity index (χ0v) is 13.6. The number of hydrogen-bond acceptors (Lipinski definition) is 4. The summed E-state index contributed by atoms with van der Waals surface area (Å²) in [6, 6.07) is 8.86. The van der Waals surface area contributed by atoms with Crippen molar-refractivity contribution in [2.24, 2.45) is 0 Å². The van der Waals surface area contributed by atoms with Gasteiger partial charge in [-0.1, -0.05) is 23.2 Å². The lowest BCUT2D eigenvalue weighted by Crippen LogP contribution is -2.09. The maximum atomic E-state index is 12.3. The largest absolute Gasteiger partial charge is 0.379 e. The topological polar surface area (TPSA) is 72.0 Å². The minimum absolute atomic E-state index is 0.0640. The van der Waals surface area contributed by atoms with Crippen LogP contribution >= 0.6 is 23.2 Å². The van der Waals surface area contributed by atoms with Crippen molar-refractivity contribution in [1.29, 1.82) is 0 Å². The van der Waals surface area contributed by atoms with E-state index < -0.39 is 10.1 Å². The van der Waals surface area contributed by atoms with Crippen molar-refractivity contribution in [3.63, 3.8) is 0 Å². The zero-order chi connectivity index (χ0) is 15.9. The van der Waals surface area contributed by atoms with Crippen LogP contribution in [0.2, 0.25) is 10.0 Å². The first-order valence-electron chi connectivity index (χ1n) is 6.21. The molecule has 2 aromatic carbocycles. The molecule has 1 aromatic heterocycles. The van der Waals surface area contributed by atoms with Gasteiger partial charge in [0.1, 0.15) is 10.6 Å². The van der Waals surface area contributed by atoms with E-state index in [1.54, 1.807) is 18.2 Å². The summed E-state index contributed by atoms with van der Waals surface area (Å²) >= 11 is 11.6. The van der Waals surface area contributed by atoms with Gasteiger partial charge in [0.25, 0.3) is 0 Å². The van der Waals surface area contributed by atoms with E-state index in [1.807, 2.05) is 6.92 Å². The van der Waals surface area contributed by atoms with Crippen molar-refractivity contribution >= 4 is 44.2 Å². The zero-order valence-electron chi connectivity index (χ0n) is 11.3. The molecule has 0 fully saturated rings. The van der Waals surface area contributed by atoms with E-state index in [0.717, 1.165) is 16.6 Å². The fourth-order valence-electron chi connectivity index (χ4n) is 1.98. The highest BCUT2D eigenvalue weighted by atomic mass is 35.5. The van der Waals surface area contributed by atoms with E-state index in [9.17, 15) is 8.42 Å². The van der Waals surface area contributed by atoms with Gasteiger partial charge in [-0.25, -0.2) is 0 Å². The lowest BCUT2D eigenvalue weighted by Gasteiger charge is -2.08. The van der Waals surface area contributed by atoms with Crippen LogP contribution in [-0.2, 0) is 10.1 Å². The fourth-order valence-corrected chi connectivity index (χ4v) is 3.30. The Labute approximate surface area is 136 Å². The Hall–Kier alpha value is -1.76. The van der Waals surface area contributed by atoms with Crippen LogP contribution in [0.15, 0.2) is 41.3 Å². The standard InChI is InChI=1S/C14H10Cl2N2O3S/c1-8-11-6-9(2-5-14(11)18-17-8)21-22(19,20)10-3-4-12(15)13(16)7-10/h2-7H,1H3,(H,17,18). The molecule has 0 aliphatic heterocycles. The summed E-state index contributed by atoms with van der Waals surface area (Å²) in [5, 5.41) is 8.10. The molecule has 3 rings (SSSR count). The van der Waals surface area contributed by atoms with E-state index in [4.69, 9.17) is 27.4 Å². The third-order valence-corrected chi connectivity index (χ3v) is 5.09. The Morgan fingerprint density at radius 1 is 1.09 bits per heavy atom. The second-order valence-electron chi connectivity index (χ2n) is 4.63. The number of benzene rings is 2. The first-order chi connectivity index (χ1) is 10.4. The molecule has 3 aromatic rings. The van der Waals surface area contributed by atoms with Crippen molar-refractivity contribution in [2.45, 2.75) is 11.8 Å². The van der Waals surface area contributed by atoms with Crippen LogP contribution in [0.3, 0.4) is 0 Å². The van der Waals surface area contributed by atoms with E-state index in [2.05, 4.69) is 10.2 Å². The Morgan fingerprint density at radius 2 is 1.86 bits per heavy atom. The molecule has 0 aliphatic rings. The van der Waals surface area contributed by atoms with Gasteiger partial charge < -0.3 is 4.18 Å². The molecule has 5 nitrogen and oxygen atoms in total. The Balaban J connectivity index is 1.98. The highest BCUT2D eigenvalue weighted by molar-refractivity contribution is 7.87. The minimum atomic E-state index is -3.99.